The molecule has 4 heteroatoms. The van der Waals surface area contributed by atoms with E-state index >= 15 is 0 Å². The third-order valence-electron chi connectivity index (χ3n) is 2.68. The number of halogens is 1. The van der Waals surface area contributed by atoms with Gasteiger partial charge in [-0.05, 0) is 31.0 Å². The zero-order valence-corrected chi connectivity index (χ0v) is 11.8. The SMILES string of the molecule is CCC(C)(O)CNC(=O)Cc1cccc(Br)c1. The quantitative estimate of drug-likeness (QED) is 0.876. The first-order valence-electron chi connectivity index (χ1n) is 5.66. The van der Waals surface area contributed by atoms with E-state index in [1.807, 2.05) is 31.2 Å². The molecule has 1 aromatic rings. The second-order valence-corrected chi connectivity index (χ2v) is 5.35. The third kappa shape index (κ3) is 5.33. The Hall–Kier alpha value is -0.870. The van der Waals surface area contributed by atoms with Gasteiger partial charge in [0.2, 0.25) is 5.91 Å². The lowest BCUT2D eigenvalue weighted by molar-refractivity contribution is -0.121. The highest BCUT2D eigenvalue weighted by atomic mass is 79.9. The Morgan fingerprint density at radius 1 is 1.53 bits per heavy atom. The van der Waals surface area contributed by atoms with Crippen LogP contribution in [0.5, 0.6) is 0 Å². The second-order valence-electron chi connectivity index (χ2n) is 4.43. The van der Waals surface area contributed by atoms with E-state index in [-0.39, 0.29) is 12.5 Å². The minimum absolute atomic E-state index is 0.0724. The summed E-state index contributed by atoms with van der Waals surface area (Å²) in [6.07, 6.45) is 0.948. The highest BCUT2D eigenvalue weighted by Gasteiger charge is 2.18. The summed E-state index contributed by atoms with van der Waals surface area (Å²) in [5.41, 5.74) is 0.125. The van der Waals surface area contributed by atoms with Crippen LogP contribution in [0.3, 0.4) is 0 Å². The van der Waals surface area contributed by atoms with Crippen LogP contribution in [0.2, 0.25) is 0 Å². The maximum absolute atomic E-state index is 11.6. The van der Waals surface area contributed by atoms with E-state index in [0.717, 1.165) is 10.0 Å². The van der Waals surface area contributed by atoms with Gasteiger partial charge in [0, 0.05) is 11.0 Å². The molecule has 0 aliphatic heterocycles. The maximum atomic E-state index is 11.6. The van der Waals surface area contributed by atoms with Crippen molar-refractivity contribution in [2.45, 2.75) is 32.3 Å². The molecule has 0 aromatic heterocycles. The van der Waals surface area contributed by atoms with Crippen molar-refractivity contribution in [3.05, 3.63) is 34.3 Å². The van der Waals surface area contributed by atoms with Crippen LogP contribution in [0.15, 0.2) is 28.7 Å². The average Bonchev–Trinajstić information content (AvgIpc) is 2.27. The Balaban J connectivity index is 2.45. The van der Waals surface area contributed by atoms with Gasteiger partial charge in [-0.2, -0.15) is 0 Å². The molecule has 0 fully saturated rings. The molecule has 0 saturated carbocycles. The zero-order valence-electron chi connectivity index (χ0n) is 10.2. The lowest BCUT2D eigenvalue weighted by Gasteiger charge is -2.21. The van der Waals surface area contributed by atoms with Gasteiger partial charge >= 0.3 is 0 Å². The van der Waals surface area contributed by atoms with E-state index in [1.165, 1.54) is 0 Å². The summed E-state index contributed by atoms with van der Waals surface area (Å²) in [5.74, 6) is -0.0724. The van der Waals surface area contributed by atoms with Crippen molar-refractivity contribution in [3.63, 3.8) is 0 Å². The highest BCUT2D eigenvalue weighted by molar-refractivity contribution is 9.10. The summed E-state index contributed by atoms with van der Waals surface area (Å²) in [5, 5.41) is 12.5. The standard InChI is InChI=1S/C13H18BrNO2/c1-3-13(2,17)9-15-12(16)8-10-5-4-6-11(14)7-10/h4-7,17H,3,8-9H2,1-2H3,(H,15,16). The van der Waals surface area contributed by atoms with Gasteiger partial charge in [0.05, 0.1) is 12.0 Å². The van der Waals surface area contributed by atoms with Crippen molar-refractivity contribution >= 4 is 21.8 Å². The lowest BCUT2D eigenvalue weighted by atomic mass is 10.0. The summed E-state index contributed by atoms with van der Waals surface area (Å²) >= 11 is 3.36. The van der Waals surface area contributed by atoms with Gasteiger partial charge in [0.1, 0.15) is 0 Å². The second kappa shape index (κ2) is 6.17. The molecular weight excluding hydrogens is 282 g/mol. The molecule has 0 aliphatic carbocycles. The molecule has 1 aromatic carbocycles. The molecule has 0 aliphatic rings. The van der Waals surface area contributed by atoms with Gasteiger partial charge in [0.15, 0.2) is 0 Å². The van der Waals surface area contributed by atoms with E-state index in [9.17, 15) is 9.90 Å². The molecule has 0 bridgehead atoms. The van der Waals surface area contributed by atoms with Crippen molar-refractivity contribution in [1.29, 1.82) is 0 Å². The molecular formula is C13H18BrNO2. The number of aliphatic hydroxyl groups is 1. The number of benzene rings is 1. The normalized spacial score (nSPS) is 14.1. The minimum atomic E-state index is -0.826. The number of hydrogen-bond donors (Lipinski definition) is 2. The Bertz CT molecular complexity index is 391. The van der Waals surface area contributed by atoms with Crippen LogP contribution >= 0.6 is 15.9 Å². The van der Waals surface area contributed by atoms with E-state index in [1.54, 1.807) is 6.92 Å². The molecule has 0 radical (unpaired) electrons. The summed E-state index contributed by atoms with van der Waals surface area (Å²) in [6.45, 7) is 3.89. The number of hydrogen-bond acceptors (Lipinski definition) is 2. The number of carbonyl (C=O) groups is 1. The van der Waals surface area contributed by atoms with Gasteiger partial charge in [-0.1, -0.05) is 35.0 Å². The monoisotopic (exact) mass is 299 g/mol. The van der Waals surface area contributed by atoms with E-state index < -0.39 is 5.60 Å². The Morgan fingerprint density at radius 2 is 2.24 bits per heavy atom. The van der Waals surface area contributed by atoms with Crippen LogP contribution in [0.25, 0.3) is 0 Å². The topological polar surface area (TPSA) is 49.3 Å². The number of rotatable bonds is 5. The molecule has 1 unspecified atom stereocenters. The van der Waals surface area contributed by atoms with Crippen LogP contribution in [-0.4, -0.2) is 23.2 Å². The molecule has 94 valence electrons. The number of amides is 1. The third-order valence-corrected chi connectivity index (χ3v) is 3.18. The summed E-state index contributed by atoms with van der Waals surface area (Å²) < 4.78 is 0.961. The van der Waals surface area contributed by atoms with Crippen LogP contribution in [0, 0.1) is 0 Å². The Labute approximate surface area is 110 Å². The van der Waals surface area contributed by atoms with Crippen LogP contribution in [-0.2, 0) is 11.2 Å². The molecule has 1 amide bonds. The average molecular weight is 300 g/mol. The molecule has 1 atom stereocenters. The van der Waals surface area contributed by atoms with Crippen LogP contribution in [0.1, 0.15) is 25.8 Å². The van der Waals surface area contributed by atoms with E-state index in [2.05, 4.69) is 21.2 Å². The summed E-state index contributed by atoms with van der Waals surface area (Å²) in [7, 11) is 0. The van der Waals surface area contributed by atoms with Crippen molar-refractivity contribution < 1.29 is 9.90 Å². The number of carbonyl (C=O) groups excluding carboxylic acids is 1. The first kappa shape index (κ1) is 14.2. The molecule has 3 nitrogen and oxygen atoms in total. The fourth-order valence-electron chi connectivity index (χ4n) is 1.31. The molecule has 0 heterocycles. The molecule has 1 rings (SSSR count). The smallest absolute Gasteiger partial charge is 0.224 e. The van der Waals surface area contributed by atoms with Crippen molar-refractivity contribution in [1.82, 2.24) is 5.32 Å². The fraction of sp³-hybridized carbons (Fsp3) is 0.462. The number of nitrogens with one attached hydrogen (secondary N) is 1. The predicted molar refractivity (Wildman–Crippen MR) is 71.8 cm³/mol. The fourth-order valence-corrected chi connectivity index (χ4v) is 1.76. The van der Waals surface area contributed by atoms with E-state index in [4.69, 9.17) is 0 Å². The molecule has 17 heavy (non-hydrogen) atoms. The van der Waals surface area contributed by atoms with Gasteiger partial charge in [0.25, 0.3) is 0 Å². The van der Waals surface area contributed by atoms with Gasteiger partial charge < -0.3 is 10.4 Å². The lowest BCUT2D eigenvalue weighted by Crippen LogP contribution is -2.40. The largest absolute Gasteiger partial charge is 0.388 e. The first-order chi connectivity index (χ1) is 7.93. The van der Waals surface area contributed by atoms with Crippen molar-refractivity contribution in [2.75, 3.05) is 6.54 Å². The predicted octanol–water partition coefficient (Wildman–Crippen LogP) is 2.27. The van der Waals surface area contributed by atoms with Crippen molar-refractivity contribution in [2.24, 2.45) is 0 Å². The molecule has 0 spiro atoms. The minimum Gasteiger partial charge on any atom is -0.388 e. The zero-order chi connectivity index (χ0) is 12.9. The summed E-state index contributed by atoms with van der Waals surface area (Å²) in [6, 6.07) is 7.64. The van der Waals surface area contributed by atoms with Crippen LogP contribution < -0.4 is 5.32 Å². The van der Waals surface area contributed by atoms with Gasteiger partial charge in [-0.25, -0.2) is 0 Å². The van der Waals surface area contributed by atoms with Gasteiger partial charge in [-0.3, -0.25) is 4.79 Å². The highest BCUT2D eigenvalue weighted by Crippen LogP contribution is 2.12. The van der Waals surface area contributed by atoms with E-state index in [0.29, 0.717) is 12.8 Å². The first-order valence-corrected chi connectivity index (χ1v) is 6.46. The maximum Gasteiger partial charge on any atom is 0.224 e. The Morgan fingerprint density at radius 3 is 2.82 bits per heavy atom. The Kier molecular flexibility index (Phi) is 5.15. The summed E-state index contributed by atoms with van der Waals surface area (Å²) in [4.78, 5) is 11.6. The molecule has 0 saturated heterocycles. The molecule has 2 N–H and O–H groups in total. The van der Waals surface area contributed by atoms with Crippen molar-refractivity contribution in [3.8, 4) is 0 Å². The van der Waals surface area contributed by atoms with Gasteiger partial charge in [-0.15, -0.1) is 0 Å². The van der Waals surface area contributed by atoms with Crippen LogP contribution in [0.4, 0.5) is 0 Å².